The van der Waals surface area contributed by atoms with Crippen molar-refractivity contribution in [2.45, 2.75) is 160 Å². The van der Waals surface area contributed by atoms with Gasteiger partial charge < -0.3 is 61.6 Å². The van der Waals surface area contributed by atoms with Crippen LogP contribution in [0.4, 0.5) is 0 Å². The van der Waals surface area contributed by atoms with Crippen molar-refractivity contribution < 1.29 is 336 Å². The van der Waals surface area contributed by atoms with Crippen molar-refractivity contribution in [3.05, 3.63) is 0 Å². The summed E-state index contributed by atoms with van der Waals surface area (Å²) in [5.74, 6) is 0. The van der Waals surface area contributed by atoms with Gasteiger partial charge in [0.2, 0.25) is 0 Å². The minimum absolute atomic E-state index is 0.0155. The highest BCUT2D eigenvalue weighted by atomic mass is 32.3. The van der Waals surface area contributed by atoms with Gasteiger partial charge in [-0.1, -0.05) is 0 Å². The number of ether oxygens (including phenoxy) is 13. The highest BCUT2D eigenvalue weighted by Crippen LogP contribution is 2.44. The highest BCUT2D eigenvalue weighted by molar-refractivity contribution is 7.84. The van der Waals surface area contributed by atoms with Gasteiger partial charge in [-0.05, 0) is 6.92 Å². The largest absolute Gasteiger partial charge is 0.397 e. The molecular formula is C38H68O77S16. The van der Waals surface area contributed by atoms with Crippen LogP contribution in [-0.2, 0) is 295 Å². The van der Waals surface area contributed by atoms with Crippen molar-refractivity contribution in [1.82, 2.24) is 0 Å². The van der Waals surface area contributed by atoms with Crippen LogP contribution in [0.1, 0.15) is 6.92 Å². The summed E-state index contributed by atoms with van der Waals surface area (Å²) in [5.41, 5.74) is 0. The van der Waals surface area contributed by atoms with E-state index in [1.807, 2.05) is 0 Å². The Balaban J connectivity index is 2.03. The maximum Gasteiger partial charge on any atom is 0.397 e. The standard InChI is InChI=1S/C38H68O77S16/c1-2-87-3-4-88-5-6-89-7-8-90-34-29(111-127(72,73)74)24(19(105-121(54,55)56)14(96-34)9-91-116(39,40)41)101-35-30(112-128(75,76)77)25(20(106-122(57,58)59)15(97-35)10-92-117(42,43)44)102-36-31(113-129(78,79)80)26(21(107-123(60,61)62)16(98-36)11-93-118(45,46)47)103-37-32(114-130(81,82)83)27(22(108-124(63,64)65)17(99-37)12-94-119(48,49)50)104-38-33(115-131(84,85)86)28(110-126(69,70)71)23(109-125(66,67)68)18(100-38)13-95-120(51,52)53/h14-38H,2-13H2,1H3,(H,39,40,41)(H,42,43,44)(H,45,46,47)(H,48,49,50)(H,51,52,53)(H,54,55,56)(H,57,58,59)(H,60,61,62)(H,63,64,65)(H,66,67,68)(H,69,70,71)(H,72,73,74)(H,75,76,77)(H,78,79,80)(H,81,82,83)(H,84,85,86)/t14-,15-,16-,17-,18-,19-,20-,21-,22-,23-,24+,25+,26+,27+,28+,29-,30-,31-,32-,33-,34-,35+,36+,37+,38+/m1/s1. The Hall–Kier alpha value is -2.60. The topological polar surface area (TPSA) is 1140 Å². The van der Waals surface area contributed by atoms with E-state index < -0.39 is 373 Å². The van der Waals surface area contributed by atoms with Gasteiger partial charge in [0.05, 0.1) is 72.7 Å². The van der Waals surface area contributed by atoms with Crippen LogP contribution in [-0.4, -0.2) is 440 Å². The minimum atomic E-state index is -7.14. The van der Waals surface area contributed by atoms with Gasteiger partial charge in [0.15, 0.2) is 62.0 Å². The van der Waals surface area contributed by atoms with Gasteiger partial charge in [-0.25, -0.2) is 66.9 Å². The first-order valence-corrected chi connectivity index (χ1v) is 54.2. The van der Waals surface area contributed by atoms with Crippen molar-refractivity contribution in [3.8, 4) is 0 Å². The molecule has 5 fully saturated rings. The van der Waals surface area contributed by atoms with Crippen molar-refractivity contribution >= 4 is 166 Å². The zero-order valence-electron chi connectivity index (χ0n) is 62.5. The van der Waals surface area contributed by atoms with Crippen molar-refractivity contribution in [1.29, 1.82) is 0 Å². The molecule has 0 amide bonds. The maximum atomic E-state index is 13.4. The molecule has 0 aromatic carbocycles. The summed E-state index contributed by atoms with van der Waals surface area (Å²) >= 11 is 0. The Labute approximate surface area is 737 Å². The Morgan fingerprint density at radius 1 is 0.183 bits per heavy atom. The lowest BCUT2D eigenvalue weighted by atomic mass is 9.95. The van der Waals surface area contributed by atoms with E-state index in [9.17, 15) is 208 Å². The van der Waals surface area contributed by atoms with Gasteiger partial charge in [-0.15, -0.1) is 0 Å². The van der Waals surface area contributed by atoms with E-state index >= 15 is 0 Å². The second-order valence-electron chi connectivity index (χ2n) is 24.3. The molecule has 0 unspecified atom stereocenters. The maximum absolute atomic E-state index is 13.4. The molecule has 0 aromatic heterocycles. The van der Waals surface area contributed by atoms with Crippen LogP contribution in [0.2, 0.25) is 0 Å². The van der Waals surface area contributed by atoms with Crippen LogP contribution in [0.25, 0.3) is 0 Å². The summed E-state index contributed by atoms with van der Waals surface area (Å²) in [6, 6.07) is 0. The summed E-state index contributed by atoms with van der Waals surface area (Å²) in [5, 5.41) is 0. The summed E-state index contributed by atoms with van der Waals surface area (Å²) < 4.78 is 705. The van der Waals surface area contributed by atoms with E-state index in [2.05, 4.69) is 66.9 Å². The minimum Gasteiger partial charge on any atom is -0.379 e. The molecule has 25 atom stereocenters. The summed E-state index contributed by atoms with van der Waals surface area (Å²) in [6.07, 6.45) is -96.2. The predicted molar refractivity (Wildman–Crippen MR) is 375 cm³/mol. The van der Waals surface area contributed by atoms with Gasteiger partial charge in [-0.3, -0.25) is 72.8 Å². The molecule has 131 heavy (non-hydrogen) atoms. The van der Waals surface area contributed by atoms with Crippen LogP contribution in [0.3, 0.4) is 0 Å². The number of hydrogen-bond acceptors (Lipinski definition) is 61. The third-order valence-corrected chi connectivity index (χ3v) is 22.3. The molecule has 0 saturated carbocycles. The lowest BCUT2D eigenvalue weighted by molar-refractivity contribution is -0.385. The third-order valence-electron chi connectivity index (χ3n) is 15.0. The van der Waals surface area contributed by atoms with Crippen LogP contribution < -0.4 is 0 Å². The molecule has 0 aliphatic carbocycles. The zero-order valence-corrected chi connectivity index (χ0v) is 75.6. The fourth-order valence-electron chi connectivity index (χ4n) is 11.2. The van der Waals surface area contributed by atoms with Crippen LogP contribution in [0.5, 0.6) is 0 Å². The van der Waals surface area contributed by atoms with Crippen molar-refractivity contribution in [3.63, 3.8) is 0 Å². The first-order valence-electron chi connectivity index (χ1n) is 32.4. The Morgan fingerprint density at radius 3 is 0.527 bits per heavy atom. The summed E-state index contributed by atoms with van der Waals surface area (Å²) in [6.45, 7) is -13.1. The molecule has 0 spiro atoms. The molecule has 778 valence electrons. The Bertz CT molecular complexity index is 5790. The zero-order chi connectivity index (χ0) is 100. The molecule has 93 heteroatoms. The van der Waals surface area contributed by atoms with Crippen LogP contribution in [0.15, 0.2) is 0 Å². The normalized spacial score (nSPS) is 31.6. The second-order valence-corrected chi connectivity index (χ2v) is 41.3. The lowest BCUT2D eigenvalue weighted by Gasteiger charge is -2.51. The molecule has 5 rings (SSSR count). The van der Waals surface area contributed by atoms with Gasteiger partial charge >= 0.3 is 166 Å². The fourth-order valence-corrected chi connectivity index (χ4v) is 18.2. The predicted octanol–water partition coefficient (Wildman–Crippen LogP) is -13.6. The van der Waals surface area contributed by atoms with E-state index in [-0.39, 0.29) is 26.4 Å². The van der Waals surface area contributed by atoms with E-state index in [1.165, 1.54) is 0 Å². The Morgan fingerprint density at radius 2 is 0.336 bits per heavy atom. The highest BCUT2D eigenvalue weighted by Gasteiger charge is 2.65. The molecule has 5 aliphatic heterocycles. The molecule has 0 radical (unpaired) electrons. The molecule has 77 nitrogen and oxygen atoms in total. The van der Waals surface area contributed by atoms with Gasteiger partial charge in [0.25, 0.3) is 0 Å². The number of rotatable bonds is 56. The fraction of sp³-hybridized carbons (Fsp3) is 1.00. The van der Waals surface area contributed by atoms with Gasteiger partial charge in [-0.2, -0.15) is 135 Å². The molecule has 5 aliphatic rings. The summed E-state index contributed by atoms with van der Waals surface area (Å²) in [4.78, 5) is 0. The molecule has 16 N–H and O–H groups in total. The van der Waals surface area contributed by atoms with E-state index in [0.29, 0.717) is 0 Å². The SMILES string of the molecule is CCOCCOCCOCCO[C@@H]1O[C@H](COS(=O)(=O)O)[C@@H](OS(=O)(=O)O)[C@H](O[C@@H]2O[C@H](COS(=O)(=O)O)[C@@H](OS(=O)(=O)O)[C@H](O[C@@H]3O[C@H](COS(=O)(=O)O)[C@@H](OS(=O)(=O)O)[C@H](O[C@@H]4O[C@H](COS(=O)(=O)O)[C@@H](OS(=O)(=O)O)[C@H](O[C@@H]5O[C@H](COS(=O)(=O)O)[C@@H](OS(=O)(=O)O)[C@H](OS(=O)(=O)O)[C@H]5OS(=O)(=O)O)[C@H]4OS(=O)(=O)O)[C@H]3OS(=O)(=O)O)[C@H]2OS(=O)(=O)O)[C@H]1OS(=O)(=O)O. The average Bonchev–Trinajstić information content (AvgIpc) is 0.745. The molecule has 5 saturated heterocycles. The van der Waals surface area contributed by atoms with Crippen LogP contribution in [0, 0.1) is 0 Å². The molecular weight excluding hydrogens is 2200 g/mol. The quantitative estimate of drug-likeness (QED) is 0.0199. The molecule has 0 aromatic rings. The van der Waals surface area contributed by atoms with E-state index in [1.54, 1.807) is 6.92 Å². The summed E-state index contributed by atoms with van der Waals surface area (Å²) in [7, 11) is -106. The van der Waals surface area contributed by atoms with Gasteiger partial charge in [0.1, 0.15) is 91.6 Å². The second kappa shape index (κ2) is 46.4. The smallest absolute Gasteiger partial charge is 0.379 e. The van der Waals surface area contributed by atoms with Crippen molar-refractivity contribution in [2.75, 3.05) is 79.3 Å². The van der Waals surface area contributed by atoms with Gasteiger partial charge in [0, 0.05) is 6.61 Å². The van der Waals surface area contributed by atoms with Crippen LogP contribution >= 0.6 is 0 Å². The third kappa shape index (κ3) is 45.3. The van der Waals surface area contributed by atoms with E-state index in [4.69, 9.17) is 61.6 Å². The van der Waals surface area contributed by atoms with E-state index in [0.717, 1.165) is 0 Å². The first kappa shape index (κ1) is 119. The Kier molecular flexibility index (Phi) is 42.1. The number of hydrogen-bond donors (Lipinski definition) is 16. The lowest BCUT2D eigenvalue weighted by Crippen LogP contribution is -2.70. The van der Waals surface area contributed by atoms with Crippen molar-refractivity contribution in [2.24, 2.45) is 0 Å². The molecule has 0 bridgehead atoms. The first-order chi connectivity index (χ1) is 58.8. The average molecular weight is 2270 g/mol. The molecule has 5 heterocycles. The monoisotopic (exact) mass is 2270 g/mol.